The molecule has 3 heterocycles. The number of guanidine groups is 1. The largest absolute Gasteiger partial charge is 0.480 e. The van der Waals surface area contributed by atoms with Crippen LogP contribution in [0.5, 0.6) is 0 Å². The standard InChI is InChI=1S/C73H112N20O16/c1-9-41(6)58(69(105)89-57(40(4)5)68(104)82-42(7)70(106)92-31-19-27-53(92)66(102)84-48(26-18-30-80-73(77)78)61(97)91-59(43(8)94)71(107)93-32-20-28-54(93)72(108)109)90-65(101)52(36-55(75)95)87-60(96)47(25-16-17-29-74)83-62(98)49(33-44-21-12-10-13-22-44)85-63(99)50(34-45-23-14-11-15-24-45)86-64(100)51(35-46-37-79-38-81-46)88-67(103)56(76)39(2)3/h10-15,21-24,37-43,47-54,56-59,94H,9,16-20,25-36,74,76H2,1-8H3,(H2,75,95)(H,79,81)(H,82,104)(H,83,98)(H,84,102)(H,85,99)(H,86,100)(H,87,96)(H,88,103)(H,89,105)(H,90,101)(H,91,97)(H,108,109)(H4,77,78,80)/t41-,42-,43+,47-,48-,49-,50-,51-,52-,53-,54-,56-,57-,58-,59-/m0/s1. The third kappa shape index (κ3) is 27.8. The zero-order valence-corrected chi connectivity index (χ0v) is 63.3. The van der Waals surface area contributed by atoms with Gasteiger partial charge >= 0.3 is 5.97 Å². The molecule has 0 aliphatic carbocycles. The minimum Gasteiger partial charge on any atom is -0.480 e. The van der Waals surface area contributed by atoms with Crippen molar-refractivity contribution in [3.05, 3.63) is 90.0 Å². The molecule has 2 aromatic carbocycles. The summed E-state index contributed by atoms with van der Waals surface area (Å²) in [5.74, 6) is -14.3. The molecule has 109 heavy (non-hydrogen) atoms. The quantitative estimate of drug-likeness (QED) is 0.0148. The molecule has 23 N–H and O–H groups in total. The summed E-state index contributed by atoms with van der Waals surface area (Å²) in [6, 6.07) is -0.542. The number of primary amides is 1. The van der Waals surface area contributed by atoms with E-state index in [0.29, 0.717) is 36.1 Å². The molecule has 0 unspecified atom stereocenters. The highest BCUT2D eigenvalue weighted by molar-refractivity contribution is 6.01. The van der Waals surface area contributed by atoms with Crippen LogP contribution in [0.3, 0.4) is 0 Å². The fourth-order valence-corrected chi connectivity index (χ4v) is 12.6. The average molecular weight is 1530 g/mol. The number of carbonyl (C=O) groups excluding carboxylic acids is 13. The van der Waals surface area contributed by atoms with Crippen molar-refractivity contribution in [1.82, 2.24) is 72.9 Å². The second-order valence-corrected chi connectivity index (χ2v) is 28.5. The van der Waals surface area contributed by atoms with Gasteiger partial charge in [-0.2, -0.15) is 0 Å². The second kappa shape index (κ2) is 44.0. The van der Waals surface area contributed by atoms with E-state index in [0.717, 1.165) is 4.90 Å². The number of aliphatic hydroxyl groups is 1. The highest BCUT2D eigenvalue weighted by Gasteiger charge is 2.44. The number of carboxylic acid groups (broad SMARTS) is 1. The van der Waals surface area contributed by atoms with Gasteiger partial charge in [0.2, 0.25) is 76.8 Å². The van der Waals surface area contributed by atoms with E-state index in [4.69, 9.17) is 28.7 Å². The number of rotatable bonds is 44. The molecule has 2 aliphatic heterocycles. The minimum atomic E-state index is -1.77. The number of H-pyrrole nitrogens is 1. The maximum Gasteiger partial charge on any atom is 0.326 e. The van der Waals surface area contributed by atoms with Crippen LogP contribution in [0.2, 0.25) is 0 Å². The molecule has 2 aliphatic rings. The summed E-state index contributed by atoms with van der Waals surface area (Å²) in [6.45, 7) is 13.0. The summed E-state index contributed by atoms with van der Waals surface area (Å²) in [5, 5.41) is 47.0. The molecule has 2 saturated heterocycles. The van der Waals surface area contributed by atoms with Gasteiger partial charge in [0.05, 0.1) is 24.9 Å². The van der Waals surface area contributed by atoms with Crippen molar-refractivity contribution in [3.63, 3.8) is 0 Å². The van der Waals surface area contributed by atoms with Crippen LogP contribution in [-0.4, -0.2) is 230 Å². The molecule has 2 fully saturated rings. The molecule has 0 saturated carbocycles. The molecular formula is C73H112N20O16. The number of aromatic nitrogens is 2. The van der Waals surface area contributed by atoms with E-state index in [9.17, 15) is 77.3 Å². The Kier molecular flexibility index (Phi) is 35.9. The number of nitrogens with zero attached hydrogens (tertiary/aromatic N) is 4. The van der Waals surface area contributed by atoms with Gasteiger partial charge in [0.1, 0.15) is 72.5 Å². The summed E-state index contributed by atoms with van der Waals surface area (Å²) >= 11 is 0. The van der Waals surface area contributed by atoms with Gasteiger partial charge in [0.25, 0.3) is 0 Å². The SMILES string of the molecule is CC[C@H](C)[C@H](NC(=O)[C@H](CC(N)=O)NC(=O)[C@H](CCCCN)NC(=O)[C@H](Cc1ccccc1)NC(=O)[C@H](Cc1ccccc1)NC(=O)[C@H](Cc1cnc[nH]1)NC(=O)[C@@H](N)C(C)C)C(=O)N[C@H](C(=O)N[C@@H](C)C(=O)N1CCC[C@H]1C(=O)N[C@@H](CCCN=C(N)N)C(=O)N[C@H](C(=O)N1CCC[C@H]1C(=O)O)[C@@H](C)O)C(C)C. The number of aromatic amines is 1. The van der Waals surface area contributed by atoms with Crippen LogP contribution < -0.4 is 81.8 Å². The van der Waals surface area contributed by atoms with Crippen LogP contribution in [0.25, 0.3) is 0 Å². The third-order valence-electron chi connectivity index (χ3n) is 19.1. The molecule has 36 nitrogen and oxygen atoms in total. The lowest BCUT2D eigenvalue weighted by Gasteiger charge is -2.32. The van der Waals surface area contributed by atoms with Gasteiger partial charge in [-0.25, -0.2) is 9.78 Å². The van der Waals surface area contributed by atoms with Gasteiger partial charge < -0.3 is 107 Å². The van der Waals surface area contributed by atoms with E-state index in [1.165, 1.54) is 31.3 Å². The van der Waals surface area contributed by atoms with E-state index in [-0.39, 0.29) is 102 Å². The maximum absolute atomic E-state index is 14.9. The zero-order valence-electron chi connectivity index (χ0n) is 63.3. The molecule has 1 aromatic heterocycles. The summed E-state index contributed by atoms with van der Waals surface area (Å²) < 4.78 is 0. The van der Waals surface area contributed by atoms with Gasteiger partial charge in [0, 0.05) is 50.8 Å². The number of aliphatic carboxylic acids is 1. The van der Waals surface area contributed by atoms with Gasteiger partial charge in [0.15, 0.2) is 5.96 Å². The number of nitrogens with two attached hydrogens (primary N) is 5. The number of amides is 13. The summed E-state index contributed by atoms with van der Waals surface area (Å²) in [7, 11) is 0. The second-order valence-electron chi connectivity index (χ2n) is 28.5. The third-order valence-corrected chi connectivity index (χ3v) is 19.1. The maximum atomic E-state index is 14.9. The van der Waals surface area contributed by atoms with E-state index < -0.39 is 186 Å². The number of carbonyl (C=O) groups is 14. The molecule has 15 atom stereocenters. The van der Waals surface area contributed by atoms with Gasteiger partial charge in [-0.05, 0) is 107 Å². The predicted octanol–water partition coefficient (Wildman–Crippen LogP) is -3.50. The van der Waals surface area contributed by atoms with E-state index in [1.807, 2.05) is 0 Å². The van der Waals surface area contributed by atoms with Crippen molar-refractivity contribution < 1.29 is 77.3 Å². The van der Waals surface area contributed by atoms with Gasteiger partial charge in [-0.1, -0.05) is 109 Å². The first-order valence-electron chi connectivity index (χ1n) is 37.1. The normalized spacial score (nSPS) is 17.7. The van der Waals surface area contributed by atoms with E-state index in [2.05, 4.69) is 68.1 Å². The fraction of sp³-hybridized carbons (Fsp3) is 0.589. The number of imidazole rings is 1. The predicted molar refractivity (Wildman–Crippen MR) is 400 cm³/mol. The number of benzene rings is 2. The fourth-order valence-electron chi connectivity index (χ4n) is 12.6. The zero-order chi connectivity index (χ0) is 80.8. The summed E-state index contributed by atoms with van der Waals surface area (Å²) in [4.78, 5) is 210. The number of unbranched alkanes of at least 4 members (excludes halogenated alkanes) is 1. The number of hydrogen-bond donors (Lipinski definition) is 18. The molecule has 0 bridgehead atoms. The van der Waals surface area contributed by atoms with Crippen LogP contribution >= 0.6 is 0 Å². The Balaban J connectivity index is 1.33. The van der Waals surface area contributed by atoms with Crippen molar-refractivity contribution in [1.29, 1.82) is 0 Å². The lowest BCUT2D eigenvalue weighted by atomic mass is 9.95. The first-order chi connectivity index (χ1) is 51.6. The molecule has 36 heteroatoms. The Morgan fingerprint density at radius 2 is 1.01 bits per heavy atom. The Hall–Kier alpha value is -10.6. The highest BCUT2D eigenvalue weighted by Crippen LogP contribution is 2.23. The lowest BCUT2D eigenvalue weighted by Crippen LogP contribution is -2.62. The van der Waals surface area contributed by atoms with Crippen LogP contribution in [0.15, 0.2) is 78.2 Å². The number of aliphatic imine (C=N–C) groups is 1. The van der Waals surface area contributed by atoms with Crippen LogP contribution in [0.4, 0.5) is 0 Å². The van der Waals surface area contributed by atoms with Crippen molar-refractivity contribution in [2.24, 2.45) is 51.4 Å². The van der Waals surface area contributed by atoms with Crippen LogP contribution in [-0.2, 0) is 86.4 Å². The van der Waals surface area contributed by atoms with E-state index in [1.54, 1.807) is 102 Å². The summed E-state index contributed by atoms with van der Waals surface area (Å²) in [6.07, 6.45) is 2.06. The average Bonchev–Trinajstić information content (AvgIpc) is 1.76. The van der Waals surface area contributed by atoms with Crippen molar-refractivity contribution >= 4 is 88.7 Å². The molecule has 13 amide bonds. The first-order valence-corrected chi connectivity index (χ1v) is 37.1. The molecule has 0 radical (unpaired) electrons. The smallest absolute Gasteiger partial charge is 0.326 e. The van der Waals surface area contributed by atoms with E-state index >= 15 is 0 Å². The monoisotopic (exact) mass is 1520 g/mol. The van der Waals surface area contributed by atoms with Crippen LogP contribution in [0.1, 0.15) is 143 Å². The first kappa shape index (κ1) is 89.0. The summed E-state index contributed by atoms with van der Waals surface area (Å²) in [5.41, 5.74) is 30.4. The topological polar surface area (TPSA) is 577 Å². The van der Waals surface area contributed by atoms with Crippen molar-refractivity contribution in [2.75, 3.05) is 26.2 Å². The molecule has 5 rings (SSSR count). The number of carboxylic acids is 1. The Morgan fingerprint density at radius 1 is 0.541 bits per heavy atom. The molecule has 0 spiro atoms. The Bertz CT molecular complexity index is 3600. The van der Waals surface area contributed by atoms with Crippen LogP contribution in [0, 0.1) is 17.8 Å². The van der Waals surface area contributed by atoms with Crippen molar-refractivity contribution in [3.8, 4) is 0 Å². The highest BCUT2D eigenvalue weighted by atomic mass is 16.4. The Morgan fingerprint density at radius 3 is 1.51 bits per heavy atom. The molecule has 3 aromatic rings. The molecular weight excluding hydrogens is 1410 g/mol. The van der Waals surface area contributed by atoms with Gasteiger partial charge in [-0.15, -0.1) is 0 Å². The number of nitrogens with one attached hydrogen (secondary N) is 11. The number of aliphatic hydroxyl groups excluding tert-OH is 1. The minimum absolute atomic E-state index is 0.0247. The lowest BCUT2D eigenvalue weighted by molar-refractivity contribution is -0.150. The van der Waals surface area contributed by atoms with Crippen molar-refractivity contribution in [2.45, 2.75) is 230 Å². The van der Waals surface area contributed by atoms with Gasteiger partial charge in [-0.3, -0.25) is 67.3 Å². The number of likely N-dealkylation sites (tertiary alicyclic amines) is 2. The number of hydrogen-bond acceptors (Lipinski definition) is 19. The molecule has 600 valence electrons. The Labute approximate surface area is 634 Å².